The average Bonchev–Trinajstić information content (AvgIpc) is 3.58. The molecule has 37 heavy (non-hydrogen) atoms. The molecule has 11 heteroatoms. The first-order valence-electron chi connectivity index (χ1n) is 12.1. The zero-order chi connectivity index (χ0) is 25.6. The largest absolute Gasteiger partial charge is 0.364 e. The van der Waals surface area contributed by atoms with Gasteiger partial charge in [0.05, 0.1) is 6.33 Å². The van der Waals surface area contributed by atoms with Gasteiger partial charge in [-0.3, -0.25) is 14.3 Å². The van der Waals surface area contributed by atoms with Crippen LogP contribution >= 0.6 is 0 Å². The Morgan fingerprint density at radius 1 is 1.03 bits per heavy atom. The van der Waals surface area contributed by atoms with Crippen molar-refractivity contribution in [2.24, 2.45) is 0 Å². The number of benzene rings is 1. The number of fused-ring (bicyclic) bond motifs is 2. The van der Waals surface area contributed by atoms with Crippen molar-refractivity contribution in [3.63, 3.8) is 0 Å². The van der Waals surface area contributed by atoms with Crippen LogP contribution in [0.4, 0.5) is 5.82 Å². The topological polar surface area (TPSA) is 125 Å². The van der Waals surface area contributed by atoms with Gasteiger partial charge in [-0.25, -0.2) is 15.0 Å². The van der Waals surface area contributed by atoms with Crippen molar-refractivity contribution in [1.29, 1.82) is 0 Å². The van der Waals surface area contributed by atoms with Gasteiger partial charge >= 0.3 is 0 Å². The normalized spacial score (nSPS) is 24.2. The molecule has 1 amide bonds. The first kappa shape index (κ1) is 23.5. The molecule has 190 valence electrons. The van der Waals surface area contributed by atoms with E-state index in [4.69, 9.17) is 24.2 Å². The molecule has 4 atom stereocenters. The van der Waals surface area contributed by atoms with Crippen LogP contribution in [-0.4, -0.2) is 61.6 Å². The highest BCUT2D eigenvalue weighted by Gasteiger charge is 2.58. The van der Waals surface area contributed by atoms with Crippen molar-refractivity contribution < 1.29 is 19.0 Å². The quantitative estimate of drug-likeness (QED) is 0.410. The van der Waals surface area contributed by atoms with E-state index in [1.54, 1.807) is 24.1 Å². The molecule has 11 nitrogen and oxygen atoms in total. The molecule has 0 aliphatic carbocycles. The first-order chi connectivity index (χ1) is 17.9. The fraction of sp³-hybridized carbons (Fsp3) is 0.346. The third kappa shape index (κ3) is 4.31. The van der Waals surface area contributed by atoms with E-state index in [9.17, 15) is 4.79 Å². The highest BCUT2D eigenvalue weighted by molar-refractivity contribution is 5.85. The summed E-state index contributed by atoms with van der Waals surface area (Å²) in [6.07, 6.45) is 0.688. The third-order valence-electron chi connectivity index (χ3n) is 6.43. The molecule has 3 aromatic heterocycles. The summed E-state index contributed by atoms with van der Waals surface area (Å²) >= 11 is 0. The number of nitrogens with one attached hydrogen (secondary N) is 2. The molecule has 0 saturated carbocycles. The number of anilines is 1. The first-order valence-corrected chi connectivity index (χ1v) is 12.1. The molecule has 6 rings (SSSR count). The van der Waals surface area contributed by atoms with Gasteiger partial charge in [0.25, 0.3) is 5.91 Å². The number of rotatable bonds is 6. The zero-order valence-electron chi connectivity index (χ0n) is 20.7. The number of hydrogen-bond donors (Lipinski definition) is 2. The minimum Gasteiger partial charge on any atom is -0.364 e. The predicted molar refractivity (Wildman–Crippen MR) is 134 cm³/mol. The van der Waals surface area contributed by atoms with Crippen LogP contribution in [0.15, 0.2) is 61.1 Å². The number of amides is 1. The standard InChI is InChI=1S/C26H27N7O4/c1-26(2)36-18-19(24(34)27-3)35-25(20(18)37-26)33-14-30-17-22(29-13-15-9-5-4-6-10-15)31-21(32-23(17)33)16-11-7-8-12-28-16/h4-12,14,18-20,25H,13H2,1-3H3,(H,27,34)(H,29,31,32)/t18-,19?,20-,25?/m1/s1. The molecule has 1 aromatic carbocycles. The zero-order valence-corrected chi connectivity index (χ0v) is 20.7. The van der Waals surface area contributed by atoms with Crippen molar-refractivity contribution in [3.05, 3.63) is 66.6 Å². The number of carbonyl (C=O) groups is 1. The Hall–Kier alpha value is -3.93. The van der Waals surface area contributed by atoms with Gasteiger partial charge in [0.1, 0.15) is 17.9 Å². The maximum Gasteiger partial charge on any atom is 0.251 e. The van der Waals surface area contributed by atoms with Crippen molar-refractivity contribution in [3.8, 4) is 11.5 Å². The number of nitrogens with zero attached hydrogens (tertiary/aromatic N) is 5. The summed E-state index contributed by atoms with van der Waals surface area (Å²) in [5, 5.41) is 6.05. The Morgan fingerprint density at radius 3 is 2.57 bits per heavy atom. The monoisotopic (exact) mass is 501 g/mol. The van der Waals surface area contributed by atoms with Gasteiger partial charge in [-0.1, -0.05) is 36.4 Å². The smallest absolute Gasteiger partial charge is 0.251 e. The third-order valence-corrected chi connectivity index (χ3v) is 6.43. The Kier molecular flexibility index (Phi) is 5.82. The number of hydrogen-bond acceptors (Lipinski definition) is 9. The van der Waals surface area contributed by atoms with Gasteiger partial charge < -0.3 is 24.8 Å². The molecule has 2 unspecified atom stereocenters. The Bertz CT molecular complexity index is 1430. The minimum atomic E-state index is -0.865. The van der Waals surface area contributed by atoms with E-state index in [0.29, 0.717) is 35.0 Å². The second kappa shape index (κ2) is 9.18. The fourth-order valence-corrected chi connectivity index (χ4v) is 4.77. The van der Waals surface area contributed by atoms with Crippen LogP contribution in [0.3, 0.4) is 0 Å². The van der Waals surface area contributed by atoms with Crippen LogP contribution in [-0.2, 0) is 25.5 Å². The number of pyridine rings is 1. The van der Waals surface area contributed by atoms with E-state index < -0.39 is 30.3 Å². The van der Waals surface area contributed by atoms with Gasteiger partial charge in [0, 0.05) is 19.8 Å². The summed E-state index contributed by atoms with van der Waals surface area (Å²) in [7, 11) is 1.57. The second-order valence-corrected chi connectivity index (χ2v) is 9.40. The molecular weight excluding hydrogens is 474 g/mol. The van der Waals surface area contributed by atoms with E-state index >= 15 is 0 Å². The highest BCUT2D eigenvalue weighted by Crippen LogP contribution is 2.44. The lowest BCUT2D eigenvalue weighted by atomic mass is 10.1. The van der Waals surface area contributed by atoms with E-state index in [0.717, 1.165) is 5.56 Å². The van der Waals surface area contributed by atoms with Gasteiger partial charge in [-0.2, -0.15) is 0 Å². The second-order valence-electron chi connectivity index (χ2n) is 9.40. The number of ether oxygens (including phenoxy) is 3. The maximum absolute atomic E-state index is 12.6. The van der Waals surface area contributed by atoms with Crippen LogP contribution in [0.1, 0.15) is 25.6 Å². The summed E-state index contributed by atoms with van der Waals surface area (Å²) in [6.45, 7) is 4.19. The number of likely N-dealkylation sites (N-methyl/N-ethyl adjacent to an activating group) is 1. The summed E-state index contributed by atoms with van der Waals surface area (Å²) in [5.74, 6) is -0.144. The van der Waals surface area contributed by atoms with Crippen molar-refractivity contribution >= 4 is 22.9 Å². The summed E-state index contributed by atoms with van der Waals surface area (Å²) < 4.78 is 20.2. The molecule has 0 radical (unpaired) electrons. The van der Waals surface area contributed by atoms with Crippen molar-refractivity contribution in [1.82, 2.24) is 29.8 Å². The van der Waals surface area contributed by atoms with E-state index in [-0.39, 0.29) is 5.91 Å². The molecule has 0 spiro atoms. The van der Waals surface area contributed by atoms with Crippen LogP contribution < -0.4 is 10.6 Å². The van der Waals surface area contributed by atoms with Crippen molar-refractivity contribution in [2.75, 3.05) is 12.4 Å². The summed E-state index contributed by atoms with van der Waals surface area (Å²) in [5.41, 5.74) is 2.82. The summed E-state index contributed by atoms with van der Waals surface area (Å²) in [6, 6.07) is 15.6. The van der Waals surface area contributed by atoms with E-state index in [1.807, 2.05) is 62.4 Å². The van der Waals surface area contributed by atoms with Gasteiger partial charge in [-0.05, 0) is 31.5 Å². The number of carbonyl (C=O) groups excluding carboxylic acids is 1. The summed E-state index contributed by atoms with van der Waals surface area (Å²) in [4.78, 5) is 31.2. The number of imidazole rings is 1. The molecule has 2 aliphatic rings. The van der Waals surface area contributed by atoms with Crippen molar-refractivity contribution in [2.45, 2.75) is 50.7 Å². The average molecular weight is 502 g/mol. The molecule has 5 heterocycles. The highest BCUT2D eigenvalue weighted by atomic mass is 16.8. The minimum absolute atomic E-state index is 0.280. The molecular formula is C26H27N7O4. The van der Waals surface area contributed by atoms with Crippen LogP contribution in [0, 0.1) is 0 Å². The van der Waals surface area contributed by atoms with Gasteiger partial charge in [0.2, 0.25) is 0 Å². The Morgan fingerprint density at radius 2 is 1.81 bits per heavy atom. The molecule has 4 aromatic rings. The van der Waals surface area contributed by atoms with E-state index in [1.165, 1.54) is 0 Å². The molecule has 0 bridgehead atoms. The lowest BCUT2D eigenvalue weighted by Gasteiger charge is -2.24. The number of aromatic nitrogens is 5. The SMILES string of the molecule is CNC(=O)C1OC(n2cnc3c(NCc4ccccc4)nc(-c4ccccn4)nc32)[C@@H]2OC(C)(C)O[C@H]12. The maximum atomic E-state index is 12.6. The Balaban J connectivity index is 1.43. The van der Waals surface area contributed by atoms with Crippen LogP contribution in [0.5, 0.6) is 0 Å². The predicted octanol–water partition coefficient (Wildman–Crippen LogP) is 2.66. The molecule has 2 aliphatic heterocycles. The van der Waals surface area contributed by atoms with Crippen LogP contribution in [0.2, 0.25) is 0 Å². The van der Waals surface area contributed by atoms with Gasteiger partial charge in [0.15, 0.2) is 40.9 Å². The van der Waals surface area contributed by atoms with Crippen LogP contribution in [0.25, 0.3) is 22.7 Å². The lowest BCUT2D eigenvalue weighted by molar-refractivity contribution is -0.197. The molecule has 2 saturated heterocycles. The lowest BCUT2D eigenvalue weighted by Crippen LogP contribution is -2.41. The fourth-order valence-electron chi connectivity index (χ4n) is 4.77. The molecule has 2 N–H and O–H groups in total. The van der Waals surface area contributed by atoms with E-state index in [2.05, 4.69) is 20.6 Å². The van der Waals surface area contributed by atoms with Gasteiger partial charge in [-0.15, -0.1) is 0 Å². The molecule has 2 fully saturated rings. The Labute approximate surface area is 213 Å².